The van der Waals surface area contributed by atoms with E-state index in [4.69, 9.17) is 0 Å². The van der Waals surface area contributed by atoms with Crippen LogP contribution in [-0.2, 0) is 16.6 Å². The molecule has 7 nitrogen and oxygen atoms in total. The highest BCUT2D eigenvalue weighted by molar-refractivity contribution is 9.11. The van der Waals surface area contributed by atoms with Crippen LogP contribution in [0.3, 0.4) is 0 Å². The Bertz CT molecular complexity index is 760. The van der Waals surface area contributed by atoms with E-state index >= 15 is 0 Å². The zero-order chi connectivity index (χ0) is 15.6. The second-order valence-corrected chi connectivity index (χ2v) is 7.45. The highest BCUT2D eigenvalue weighted by Gasteiger charge is 2.21. The van der Waals surface area contributed by atoms with Crippen LogP contribution in [0.5, 0.6) is 0 Å². The molecule has 21 heavy (non-hydrogen) atoms. The molecule has 0 saturated heterocycles. The molecule has 0 aliphatic heterocycles. The van der Waals surface area contributed by atoms with Crippen molar-refractivity contribution in [3.05, 3.63) is 27.4 Å². The normalized spacial score (nSPS) is 11.6. The quantitative estimate of drug-likeness (QED) is 0.774. The van der Waals surface area contributed by atoms with Crippen LogP contribution < -0.4 is 4.72 Å². The summed E-state index contributed by atoms with van der Waals surface area (Å²) in [5.74, 6) is 0.763. The summed E-state index contributed by atoms with van der Waals surface area (Å²) in [5, 5.41) is -0.0370. The fourth-order valence-corrected chi connectivity index (χ4v) is 3.74. The van der Waals surface area contributed by atoms with E-state index in [1.54, 1.807) is 11.5 Å². The average molecular weight is 439 g/mol. The lowest BCUT2D eigenvalue weighted by Gasteiger charge is -2.06. The predicted molar refractivity (Wildman–Crippen MR) is 85.5 cm³/mol. The van der Waals surface area contributed by atoms with Crippen LogP contribution in [-0.4, -0.2) is 27.9 Å². The Kier molecular flexibility index (Phi) is 4.99. The van der Waals surface area contributed by atoms with Gasteiger partial charge in [-0.2, -0.15) is 8.42 Å². The zero-order valence-electron chi connectivity index (χ0n) is 11.3. The Morgan fingerprint density at radius 1 is 1.33 bits per heavy atom. The number of halogens is 2. The zero-order valence-corrected chi connectivity index (χ0v) is 15.3. The van der Waals surface area contributed by atoms with Gasteiger partial charge in [-0.1, -0.05) is 6.92 Å². The van der Waals surface area contributed by atoms with Crippen LogP contribution in [0.4, 0.5) is 5.82 Å². The topological polar surface area (TPSA) is 89.8 Å². The van der Waals surface area contributed by atoms with Crippen LogP contribution in [0.25, 0.3) is 0 Å². The first kappa shape index (κ1) is 16.4. The minimum absolute atomic E-state index is 0.0370. The number of rotatable bonds is 5. The molecule has 2 rings (SSSR count). The van der Waals surface area contributed by atoms with Gasteiger partial charge < -0.3 is 4.57 Å². The number of hydrogen-bond donors (Lipinski definition) is 1. The molecule has 0 fully saturated rings. The smallest absolute Gasteiger partial charge is 0.282 e. The molecule has 0 bridgehead atoms. The summed E-state index contributed by atoms with van der Waals surface area (Å²) in [6, 6.07) is 0. The summed E-state index contributed by atoms with van der Waals surface area (Å²) in [5.41, 5.74) is 0. The van der Waals surface area contributed by atoms with Crippen molar-refractivity contribution in [2.45, 2.75) is 31.8 Å². The predicted octanol–water partition coefficient (Wildman–Crippen LogP) is 2.72. The summed E-state index contributed by atoms with van der Waals surface area (Å²) >= 11 is 6.32. The highest BCUT2D eigenvalue weighted by atomic mass is 79.9. The number of aromatic nitrogens is 4. The Balaban J connectivity index is 2.32. The molecular formula is C11H13Br2N5O2S. The van der Waals surface area contributed by atoms with Crippen molar-refractivity contribution in [2.75, 3.05) is 4.72 Å². The number of imidazole rings is 1. The van der Waals surface area contributed by atoms with E-state index in [9.17, 15) is 8.42 Å². The Morgan fingerprint density at radius 3 is 2.67 bits per heavy atom. The number of sulfonamides is 1. The molecule has 10 heteroatoms. The molecule has 0 unspecified atom stereocenters. The standard InChI is InChI=1S/C11H13Br2N5O2S/c1-3-4-18-6-9(15-7(18)2)21(19,20)17-11-10(13)16-8(12)5-14-11/h5-6H,3-4H2,1-2H3,(H,14,17). The fourth-order valence-electron chi connectivity index (χ4n) is 1.67. The number of anilines is 1. The lowest BCUT2D eigenvalue weighted by atomic mass is 10.5. The van der Waals surface area contributed by atoms with Gasteiger partial charge in [0.15, 0.2) is 15.4 Å². The summed E-state index contributed by atoms with van der Waals surface area (Å²) in [6.07, 6.45) is 3.82. The van der Waals surface area contributed by atoms with E-state index in [-0.39, 0.29) is 10.8 Å². The lowest BCUT2D eigenvalue weighted by molar-refractivity contribution is 0.597. The van der Waals surface area contributed by atoms with Crippen molar-refractivity contribution in [3.8, 4) is 0 Å². The van der Waals surface area contributed by atoms with Gasteiger partial charge >= 0.3 is 0 Å². The molecule has 0 spiro atoms. The molecule has 0 atom stereocenters. The molecule has 0 amide bonds. The van der Waals surface area contributed by atoms with E-state index in [1.807, 2.05) is 6.92 Å². The molecule has 2 aromatic rings. The molecule has 0 saturated carbocycles. The van der Waals surface area contributed by atoms with E-state index in [1.165, 1.54) is 12.4 Å². The minimum atomic E-state index is -3.80. The molecule has 2 aromatic heterocycles. The van der Waals surface area contributed by atoms with E-state index < -0.39 is 10.0 Å². The monoisotopic (exact) mass is 437 g/mol. The molecular weight excluding hydrogens is 426 g/mol. The SMILES string of the molecule is CCCn1cc(S(=O)(=O)Nc2ncc(Br)nc2Br)nc1C. The first-order valence-electron chi connectivity index (χ1n) is 6.08. The summed E-state index contributed by atoms with van der Waals surface area (Å²) < 4.78 is 29.6. The molecule has 114 valence electrons. The van der Waals surface area contributed by atoms with Gasteiger partial charge in [0.1, 0.15) is 10.4 Å². The van der Waals surface area contributed by atoms with Crippen molar-refractivity contribution in [2.24, 2.45) is 0 Å². The lowest BCUT2D eigenvalue weighted by Crippen LogP contribution is -2.15. The van der Waals surface area contributed by atoms with Crippen LogP contribution in [0.1, 0.15) is 19.2 Å². The number of nitrogens with zero attached hydrogens (tertiary/aromatic N) is 4. The minimum Gasteiger partial charge on any atom is -0.334 e. The van der Waals surface area contributed by atoms with E-state index in [0.717, 1.165) is 13.0 Å². The van der Waals surface area contributed by atoms with Gasteiger partial charge in [-0.3, -0.25) is 4.72 Å². The van der Waals surface area contributed by atoms with Gasteiger partial charge in [-0.25, -0.2) is 15.0 Å². The Hall–Kier alpha value is -1.000. The second kappa shape index (κ2) is 6.41. The van der Waals surface area contributed by atoms with Crippen molar-refractivity contribution in [1.29, 1.82) is 0 Å². The Morgan fingerprint density at radius 2 is 2.05 bits per heavy atom. The van der Waals surface area contributed by atoms with E-state index in [2.05, 4.69) is 51.5 Å². The van der Waals surface area contributed by atoms with Crippen LogP contribution in [0.2, 0.25) is 0 Å². The summed E-state index contributed by atoms with van der Waals surface area (Å²) in [6.45, 7) is 4.50. The number of nitrogens with one attached hydrogen (secondary N) is 1. The third-order valence-corrected chi connectivity index (χ3v) is 4.77. The van der Waals surface area contributed by atoms with Crippen LogP contribution >= 0.6 is 31.9 Å². The maximum absolute atomic E-state index is 12.3. The van der Waals surface area contributed by atoms with Crippen molar-refractivity contribution in [1.82, 2.24) is 19.5 Å². The maximum atomic E-state index is 12.3. The van der Waals surface area contributed by atoms with Gasteiger partial charge in [0.2, 0.25) is 0 Å². The number of aryl methyl sites for hydroxylation is 2. The van der Waals surface area contributed by atoms with E-state index in [0.29, 0.717) is 15.0 Å². The highest BCUT2D eigenvalue weighted by Crippen LogP contribution is 2.22. The number of hydrogen-bond acceptors (Lipinski definition) is 5. The largest absolute Gasteiger partial charge is 0.334 e. The molecule has 0 aliphatic carbocycles. The van der Waals surface area contributed by atoms with Crippen molar-refractivity contribution in [3.63, 3.8) is 0 Å². The molecule has 0 radical (unpaired) electrons. The molecule has 1 N–H and O–H groups in total. The van der Waals surface area contributed by atoms with Gasteiger partial charge in [0.25, 0.3) is 10.0 Å². The van der Waals surface area contributed by atoms with Gasteiger partial charge in [0, 0.05) is 12.7 Å². The average Bonchev–Trinajstić information content (AvgIpc) is 2.76. The maximum Gasteiger partial charge on any atom is 0.282 e. The van der Waals surface area contributed by atoms with Gasteiger partial charge in [0.05, 0.1) is 6.20 Å². The Labute approximate surface area is 139 Å². The summed E-state index contributed by atoms with van der Waals surface area (Å²) in [4.78, 5) is 12.1. The van der Waals surface area contributed by atoms with Gasteiger partial charge in [-0.05, 0) is 45.2 Å². The van der Waals surface area contributed by atoms with Gasteiger partial charge in [-0.15, -0.1) is 0 Å². The van der Waals surface area contributed by atoms with Crippen LogP contribution in [0.15, 0.2) is 26.6 Å². The summed E-state index contributed by atoms with van der Waals surface area (Å²) in [7, 11) is -3.80. The van der Waals surface area contributed by atoms with Crippen molar-refractivity contribution >= 4 is 47.7 Å². The van der Waals surface area contributed by atoms with Crippen LogP contribution in [0, 0.1) is 6.92 Å². The second-order valence-electron chi connectivity index (χ2n) is 4.26. The third-order valence-electron chi connectivity index (χ3n) is 2.63. The molecule has 0 aromatic carbocycles. The molecule has 2 heterocycles. The van der Waals surface area contributed by atoms with Crippen molar-refractivity contribution < 1.29 is 8.42 Å². The molecule has 0 aliphatic rings. The first-order chi connectivity index (χ1) is 9.83. The fraction of sp³-hybridized carbons (Fsp3) is 0.364. The third kappa shape index (κ3) is 3.80. The first-order valence-corrected chi connectivity index (χ1v) is 9.15.